The average molecular weight is 493 g/mol. The van der Waals surface area contributed by atoms with Crippen LogP contribution >= 0.6 is 57.6 Å². The molecule has 2 heterocycles. The van der Waals surface area contributed by atoms with E-state index in [0.29, 0.717) is 20.7 Å². The predicted octanol–water partition coefficient (Wildman–Crippen LogP) is 6.93. The van der Waals surface area contributed by atoms with Gasteiger partial charge in [-0.1, -0.05) is 41.0 Å². The summed E-state index contributed by atoms with van der Waals surface area (Å²) < 4.78 is 1.81. The zero-order valence-electron chi connectivity index (χ0n) is 15.5. The summed E-state index contributed by atoms with van der Waals surface area (Å²) in [7, 11) is 0. The maximum atomic E-state index is 12.3. The number of amides is 1. The highest BCUT2D eigenvalue weighted by atomic mass is 35.5. The Kier molecular flexibility index (Phi) is 6.70. The number of nitrogens with zero attached hydrogens (tertiary/aromatic N) is 3. The molecule has 30 heavy (non-hydrogen) atoms. The second-order valence-corrected chi connectivity index (χ2v) is 10.4. The molecule has 0 aliphatic heterocycles. The molecule has 0 saturated heterocycles. The molecule has 152 valence electrons. The van der Waals surface area contributed by atoms with Crippen molar-refractivity contribution in [3.63, 3.8) is 0 Å². The van der Waals surface area contributed by atoms with Gasteiger partial charge in [0, 0.05) is 23.4 Å². The van der Waals surface area contributed by atoms with E-state index in [2.05, 4.69) is 20.3 Å². The van der Waals surface area contributed by atoms with E-state index >= 15 is 0 Å². The van der Waals surface area contributed by atoms with Crippen molar-refractivity contribution in [2.45, 2.75) is 16.5 Å². The van der Waals surface area contributed by atoms with Crippen LogP contribution in [0.25, 0.3) is 10.2 Å². The minimum atomic E-state index is -0.297. The lowest BCUT2D eigenvalue weighted by Gasteiger charge is -2.07. The van der Waals surface area contributed by atoms with E-state index in [9.17, 15) is 4.79 Å². The van der Waals surface area contributed by atoms with E-state index in [1.54, 1.807) is 30.6 Å². The van der Waals surface area contributed by atoms with Crippen molar-refractivity contribution in [1.82, 2.24) is 9.97 Å². The van der Waals surface area contributed by atoms with Crippen molar-refractivity contribution in [3.05, 3.63) is 63.6 Å². The molecule has 10 heteroatoms. The maximum absolute atomic E-state index is 12.3. The van der Waals surface area contributed by atoms with Crippen LogP contribution in [-0.2, 0) is 4.79 Å². The van der Waals surface area contributed by atoms with Gasteiger partial charge in [0.05, 0.1) is 31.2 Å². The Hall–Kier alpha value is -1.97. The number of carbonyl (C=O) groups excluding carboxylic acids is 1. The first-order chi connectivity index (χ1) is 14.5. The number of anilines is 1. The molecule has 2 aromatic heterocycles. The van der Waals surface area contributed by atoms with E-state index in [0.717, 1.165) is 20.2 Å². The molecule has 1 N–H and O–H groups in total. The number of aromatic nitrogens is 2. The first-order valence-electron chi connectivity index (χ1n) is 8.75. The lowest BCUT2D eigenvalue weighted by atomic mass is 10.2. The number of nitrogens with one attached hydrogen (secondary N) is 1. The Balaban J connectivity index is 1.48. The monoisotopic (exact) mass is 492 g/mol. The Morgan fingerprint density at radius 1 is 1.27 bits per heavy atom. The number of carbonyl (C=O) groups is 1. The normalized spacial score (nSPS) is 12.5. The minimum absolute atomic E-state index is 0.101. The molecule has 2 aromatic carbocycles. The molecule has 0 aliphatic rings. The minimum Gasteiger partial charge on any atom is -0.301 e. The highest BCUT2D eigenvalue weighted by Crippen LogP contribution is 2.34. The number of benzene rings is 2. The molecule has 4 aromatic rings. The van der Waals surface area contributed by atoms with Gasteiger partial charge in [-0.3, -0.25) is 9.79 Å². The molecule has 0 aliphatic carbocycles. The second kappa shape index (κ2) is 9.45. The van der Waals surface area contributed by atoms with Gasteiger partial charge in [-0.25, -0.2) is 9.97 Å². The average Bonchev–Trinajstić information content (AvgIpc) is 3.36. The van der Waals surface area contributed by atoms with Gasteiger partial charge in [-0.05, 0) is 37.3 Å². The highest BCUT2D eigenvalue weighted by Gasteiger charge is 2.18. The maximum Gasteiger partial charge on any atom is 0.239 e. The van der Waals surface area contributed by atoms with Crippen molar-refractivity contribution >= 4 is 90.8 Å². The summed E-state index contributed by atoms with van der Waals surface area (Å²) in [6.45, 7) is 1.85. The van der Waals surface area contributed by atoms with Gasteiger partial charge in [-0.2, -0.15) is 0 Å². The second-order valence-electron chi connectivity index (χ2n) is 6.11. The van der Waals surface area contributed by atoms with Crippen LogP contribution in [0.2, 0.25) is 10.0 Å². The molecule has 0 spiro atoms. The van der Waals surface area contributed by atoms with Crippen molar-refractivity contribution in [2.24, 2.45) is 4.99 Å². The quantitative estimate of drug-likeness (QED) is 0.234. The molecular weight excluding hydrogens is 479 g/mol. The molecule has 0 fully saturated rings. The summed E-state index contributed by atoms with van der Waals surface area (Å²) in [5, 5.41) is 6.03. The largest absolute Gasteiger partial charge is 0.301 e. The zero-order valence-corrected chi connectivity index (χ0v) is 19.5. The first-order valence-corrected chi connectivity index (χ1v) is 12.1. The van der Waals surface area contributed by atoms with Crippen LogP contribution in [0.4, 0.5) is 10.8 Å². The van der Waals surface area contributed by atoms with Gasteiger partial charge in [0.25, 0.3) is 0 Å². The molecule has 1 atom stereocenters. The Labute approximate surface area is 195 Å². The molecule has 0 saturated carbocycles. The number of fused-ring (bicyclic) bond motifs is 1. The molecule has 1 amide bonds. The zero-order chi connectivity index (χ0) is 21.1. The number of rotatable bonds is 6. The Morgan fingerprint density at radius 3 is 2.80 bits per heavy atom. The third kappa shape index (κ3) is 5.01. The topological polar surface area (TPSA) is 67.2 Å². The standard InChI is InChI=1S/C20H14Cl2N4OS3/c1-11(18(27)26-19-23-7-8-28-19)29-20-25-16-6-5-12(9-17(16)30-20)24-10-13-14(21)3-2-4-15(13)22/h2-11H,1H3,(H,23,26,27). The van der Waals surface area contributed by atoms with E-state index in [-0.39, 0.29) is 11.2 Å². The van der Waals surface area contributed by atoms with Crippen molar-refractivity contribution in [3.8, 4) is 0 Å². The lowest BCUT2D eigenvalue weighted by Crippen LogP contribution is -2.22. The predicted molar refractivity (Wildman–Crippen MR) is 129 cm³/mol. The lowest BCUT2D eigenvalue weighted by molar-refractivity contribution is -0.115. The van der Waals surface area contributed by atoms with Crippen LogP contribution in [0.5, 0.6) is 0 Å². The fourth-order valence-electron chi connectivity index (χ4n) is 2.49. The number of hydrogen-bond donors (Lipinski definition) is 1. The Bertz CT molecular complexity index is 1200. The highest BCUT2D eigenvalue weighted by molar-refractivity contribution is 8.02. The van der Waals surface area contributed by atoms with Gasteiger partial charge in [0.15, 0.2) is 9.47 Å². The number of thiazole rings is 2. The first kappa shape index (κ1) is 21.3. The summed E-state index contributed by atoms with van der Waals surface area (Å²) >= 11 is 16.7. The molecule has 4 rings (SSSR count). The van der Waals surface area contributed by atoms with Gasteiger partial charge < -0.3 is 5.32 Å². The van der Waals surface area contributed by atoms with Crippen LogP contribution in [0.3, 0.4) is 0 Å². The summed E-state index contributed by atoms with van der Waals surface area (Å²) in [4.78, 5) is 25.5. The number of halogens is 2. The van der Waals surface area contributed by atoms with Crippen LogP contribution in [0.15, 0.2) is 57.3 Å². The smallest absolute Gasteiger partial charge is 0.239 e. The van der Waals surface area contributed by atoms with E-state index in [1.165, 1.54) is 34.4 Å². The van der Waals surface area contributed by atoms with Crippen molar-refractivity contribution in [2.75, 3.05) is 5.32 Å². The molecule has 0 bridgehead atoms. The molecule has 5 nitrogen and oxygen atoms in total. The molecule has 1 unspecified atom stereocenters. The van der Waals surface area contributed by atoms with Gasteiger partial charge in [0.1, 0.15) is 0 Å². The van der Waals surface area contributed by atoms with Gasteiger partial charge in [-0.15, -0.1) is 22.7 Å². The number of thioether (sulfide) groups is 1. The summed E-state index contributed by atoms with van der Waals surface area (Å²) in [6.07, 6.45) is 3.32. The van der Waals surface area contributed by atoms with Crippen LogP contribution in [0.1, 0.15) is 12.5 Å². The van der Waals surface area contributed by atoms with Crippen LogP contribution < -0.4 is 5.32 Å². The number of hydrogen-bond acceptors (Lipinski definition) is 7. The van der Waals surface area contributed by atoms with E-state index < -0.39 is 0 Å². The molecular formula is C20H14Cl2N4OS3. The van der Waals surface area contributed by atoms with Crippen LogP contribution in [-0.4, -0.2) is 27.3 Å². The van der Waals surface area contributed by atoms with Crippen molar-refractivity contribution in [1.29, 1.82) is 0 Å². The fraction of sp³-hybridized carbons (Fsp3) is 0.100. The third-order valence-corrected chi connectivity index (χ3v) is 7.56. The summed E-state index contributed by atoms with van der Waals surface area (Å²) in [5.41, 5.74) is 2.32. The summed E-state index contributed by atoms with van der Waals surface area (Å²) in [5.74, 6) is -0.101. The van der Waals surface area contributed by atoms with E-state index in [1.807, 2.05) is 30.5 Å². The van der Waals surface area contributed by atoms with Gasteiger partial charge in [0.2, 0.25) is 5.91 Å². The third-order valence-electron chi connectivity index (χ3n) is 4.00. The van der Waals surface area contributed by atoms with Gasteiger partial charge >= 0.3 is 0 Å². The Morgan fingerprint density at radius 2 is 2.07 bits per heavy atom. The number of aliphatic imine (C=N–C) groups is 1. The van der Waals surface area contributed by atoms with Crippen molar-refractivity contribution < 1.29 is 4.79 Å². The van der Waals surface area contributed by atoms with Crippen LogP contribution in [0, 0.1) is 0 Å². The summed E-state index contributed by atoms with van der Waals surface area (Å²) in [6, 6.07) is 11.1. The SMILES string of the molecule is CC(Sc1nc2ccc(N=Cc3c(Cl)cccc3Cl)cc2s1)C(=O)Nc1nccs1. The molecule has 0 radical (unpaired) electrons. The fourth-order valence-corrected chi connectivity index (χ4v) is 5.76. The van der Waals surface area contributed by atoms with E-state index in [4.69, 9.17) is 23.2 Å².